The van der Waals surface area contributed by atoms with Gasteiger partial charge in [-0.3, -0.25) is 0 Å². The highest BCUT2D eigenvalue weighted by Crippen LogP contribution is 2.27. The summed E-state index contributed by atoms with van der Waals surface area (Å²) in [6.45, 7) is 0. The van der Waals surface area contributed by atoms with Crippen LogP contribution in [0.2, 0.25) is 0 Å². The van der Waals surface area contributed by atoms with Gasteiger partial charge in [-0.25, -0.2) is 0 Å². The summed E-state index contributed by atoms with van der Waals surface area (Å²) in [7, 11) is 4.58. The van der Waals surface area contributed by atoms with Crippen molar-refractivity contribution in [1.29, 1.82) is 0 Å². The van der Waals surface area contributed by atoms with Gasteiger partial charge in [0.25, 0.3) is 0 Å². The number of methoxy groups -OCH3 is 3. The van der Waals surface area contributed by atoms with E-state index in [0.29, 0.717) is 28.5 Å². The minimum atomic E-state index is 0.0326. The van der Waals surface area contributed by atoms with Gasteiger partial charge in [-0.2, -0.15) is 0 Å². The van der Waals surface area contributed by atoms with E-state index >= 15 is 0 Å². The van der Waals surface area contributed by atoms with Crippen molar-refractivity contribution in [3.05, 3.63) is 53.6 Å². The van der Waals surface area contributed by atoms with Crippen molar-refractivity contribution in [2.24, 2.45) is 5.16 Å². The summed E-state index contributed by atoms with van der Waals surface area (Å²) in [5, 5.41) is 22.4. The van der Waals surface area contributed by atoms with Crippen molar-refractivity contribution in [1.82, 2.24) is 0 Å². The minimum absolute atomic E-state index is 0.0326. The van der Waals surface area contributed by atoms with E-state index in [1.807, 2.05) is 0 Å². The second-order valence-corrected chi connectivity index (χ2v) is 4.85. The lowest BCUT2D eigenvalue weighted by molar-refractivity contribution is 0.320. The first-order chi connectivity index (χ1) is 11.6. The fourth-order valence-electron chi connectivity index (χ4n) is 2.13. The molecule has 0 bridgehead atoms. The van der Waals surface area contributed by atoms with E-state index in [1.165, 1.54) is 7.11 Å². The zero-order valence-electron chi connectivity index (χ0n) is 13.7. The van der Waals surface area contributed by atoms with Crippen molar-refractivity contribution < 1.29 is 24.5 Å². The summed E-state index contributed by atoms with van der Waals surface area (Å²) in [5.41, 5.74) is 1.68. The molecule has 0 saturated carbocycles. The number of nitrogens with zero attached hydrogens (tertiary/aromatic N) is 1. The van der Waals surface area contributed by atoms with E-state index in [2.05, 4.69) is 5.16 Å². The van der Waals surface area contributed by atoms with Crippen LogP contribution >= 0.6 is 0 Å². The summed E-state index contributed by atoms with van der Waals surface area (Å²) in [4.78, 5) is 0. The molecular weight excluding hydrogens is 310 g/mol. The summed E-state index contributed by atoms with van der Waals surface area (Å²) >= 11 is 0. The molecular formula is C18H19NO5. The molecule has 6 nitrogen and oxygen atoms in total. The molecule has 0 unspecified atom stereocenters. The SMILES string of the molecule is COc1cc(OC)cc(C(C=Cc2ccc(OC)c(O)c2)=NO)c1. The van der Waals surface area contributed by atoms with E-state index in [0.717, 1.165) is 5.56 Å². The lowest BCUT2D eigenvalue weighted by Gasteiger charge is -2.08. The van der Waals surface area contributed by atoms with Gasteiger partial charge in [0.2, 0.25) is 0 Å². The number of oxime groups is 1. The van der Waals surface area contributed by atoms with Gasteiger partial charge in [-0.1, -0.05) is 17.3 Å². The number of hydrogen-bond acceptors (Lipinski definition) is 6. The van der Waals surface area contributed by atoms with Crippen molar-refractivity contribution in [2.75, 3.05) is 21.3 Å². The van der Waals surface area contributed by atoms with Crippen LogP contribution in [0, 0.1) is 0 Å². The fourth-order valence-corrected chi connectivity index (χ4v) is 2.13. The first-order valence-electron chi connectivity index (χ1n) is 7.12. The first kappa shape index (κ1) is 17.2. The summed E-state index contributed by atoms with van der Waals surface area (Å²) < 4.78 is 15.4. The predicted octanol–water partition coefficient (Wildman–Crippen LogP) is 3.31. The van der Waals surface area contributed by atoms with Crippen LogP contribution < -0.4 is 14.2 Å². The maximum Gasteiger partial charge on any atom is 0.160 e. The van der Waals surface area contributed by atoms with Gasteiger partial charge in [0.05, 0.1) is 21.3 Å². The third kappa shape index (κ3) is 3.98. The number of allylic oxidation sites excluding steroid dienone is 1. The van der Waals surface area contributed by atoms with Crippen LogP contribution in [-0.4, -0.2) is 37.4 Å². The minimum Gasteiger partial charge on any atom is -0.504 e. The molecule has 0 aliphatic rings. The highest BCUT2D eigenvalue weighted by Gasteiger charge is 2.07. The van der Waals surface area contributed by atoms with Crippen LogP contribution in [0.5, 0.6) is 23.0 Å². The molecule has 0 spiro atoms. The molecule has 0 atom stereocenters. The standard InChI is InChI=1S/C18H19NO5/c1-22-14-9-13(10-15(11-14)23-2)16(19-21)6-4-12-5-7-18(24-3)17(20)8-12/h4-11,20-21H,1-3H3. The Morgan fingerprint density at radius 1 is 0.958 bits per heavy atom. The Hall–Kier alpha value is -3.15. The monoisotopic (exact) mass is 329 g/mol. The molecule has 0 aliphatic carbocycles. The molecule has 0 fully saturated rings. The molecule has 0 amide bonds. The smallest absolute Gasteiger partial charge is 0.160 e. The van der Waals surface area contributed by atoms with Crippen LogP contribution in [0.1, 0.15) is 11.1 Å². The summed E-state index contributed by atoms with van der Waals surface area (Å²) in [6, 6.07) is 10.2. The average Bonchev–Trinajstić information content (AvgIpc) is 2.62. The number of ether oxygens (including phenoxy) is 3. The number of aromatic hydroxyl groups is 1. The van der Waals surface area contributed by atoms with Gasteiger partial charge in [0.15, 0.2) is 11.5 Å². The Labute approximate surface area is 140 Å². The molecule has 24 heavy (non-hydrogen) atoms. The number of benzene rings is 2. The first-order valence-corrected chi connectivity index (χ1v) is 7.12. The van der Waals surface area contributed by atoms with Gasteiger partial charge in [-0.15, -0.1) is 0 Å². The van der Waals surface area contributed by atoms with E-state index < -0.39 is 0 Å². The second-order valence-electron chi connectivity index (χ2n) is 4.85. The van der Waals surface area contributed by atoms with E-state index in [4.69, 9.17) is 14.2 Å². The Morgan fingerprint density at radius 2 is 1.62 bits per heavy atom. The molecule has 0 heterocycles. The molecule has 126 valence electrons. The van der Waals surface area contributed by atoms with Crippen LogP contribution in [0.25, 0.3) is 6.08 Å². The third-order valence-electron chi connectivity index (χ3n) is 3.39. The van der Waals surface area contributed by atoms with Crippen molar-refractivity contribution in [2.45, 2.75) is 0 Å². The zero-order valence-corrected chi connectivity index (χ0v) is 13.7. The zero-order chi connectivity index (χ0) is 17.5. The van der Waals surface area contributed by atoms with E-state index in [1.54, 1.807) is 62.8 Å². The number of phenolic OH excluding ortho intramolecular Hbond substituents is 1. The van der Waals surface area contributed by atoms with Gasteiger partial charge in [0.1, 0.15) is 17.2 Å². The Kier molecular flexibility index (Phi) is 5.68. The third-order valence-corrected chi connectivity index (χ3v) is 3.39. The molecule has 0 radical (unpaired) electrons. The molecule has 0 saturated heterocycles. The molecule has 0 aromatic heterocycles. The Balaban J connectivity index is 2.31. The number of rotatable bonds is 6. The average molecular weight is 329 g/mol. The summed E-state index contributed by atoms with van der Waals surface area (Å²) in [5.74, 6) is 1.59. The van der Waals surface area contributed by atoms with Gasteiger partial charge in [0, 0.05) is 11.6 Å². The topological polar surface area (TPSA) is 80.5 Å². The number of phenols is 1. The predicted molar refractivity (Wildman–Crippen MR) is 91.6 cm³/mol. The highest BCUT2D eigenvalue weighted by molar-refractivity contribution is 6.10. The Bertz CT molecular complexity index is 746. The van der Waals surface area contributed by atoms with Crippen LogP contribution in [-0.2, 0) is 0 Å². The second kappa shape index (κ2) is 7.92. The lowest BCUT2D eigenvalue weighted by atomic mass is 10.1. The fraction of sp³-hybridized carbons (Fsp3) is 0.167. The molecule has 2 aromatic carbocycles. The van der Waals surface area contributed by atoms with Gasteiger partial charge < -0.3 is 24.5 Å². The van der Waals surface area contributed by atoms with Crippen molar-refractivity contribution in [3.63, 3.8) is 0 Å². The van der Waals surface area contributed by atoms with Crippen LogP contribution in [0.4, 0.5) is 0 Å². The molecule has 2 N–H and O–H groups in total. The van der Waals surface area contributed by atoms with Crippen molar-refractivity contribution in [3.8, 4) is 23.0 Å². The maximum absolute atomic E-state index is 9.80. The van der Waals surface area contributed by atoms with Crippen LogP contribution in [0.15, 0.2) is 47.6 Å². The maximum atomic E-state index is 9.80. The lowest BCUT2D eigenvalue weighted by Crippen LogP contribution is -1.99. The molecule has 2 rings (SSSR count). The molecule has 2 aromatic rings. The quantitative estimate of drug-likeness (QED) is 0.483. The van der Waals surface area contributed by atoms with Crippen molar-refractivity contribution >= 4 is 11.8 Å². The molecule has 0 aliphatic heterocycles. The molecule has 6 heteroatoms. The van der Waals surface area contributed by atoms with E-state index in [9.17, 15) is 10.3 Å². The highest BCUT2D eigenvalue weighted by atomic mass is 16.5. The largest absolute Gasteiger partial charge is 0.504 e. The van der Waals surface area contributed by atoms with E-state index in [-0.39, 0.29) is 5.75 Å². The summed E-state index contributed by atoms with van der Waals surface area (Å²) in [6.07, 6.45) is 3.33. The van der Waals surface area contributed by atoms with Gasteiger partial charge in [-0.05, 0) is 35.9 Å². The Morgan fingerprint density at radius 3 is 2.12 bits per heavy atom. The number of hydrogen-bond donors (Lipinski definition) is 2. The van der Waals surface area contributed by atoms with Crippen LogP contribution in [0.3, 0.4) is 0 Å². The normalized spacial score (nSPS) is 11.5. The van der Waals surface area contributed by atoms with Gasteiger partial charge >= 0.3 is 0 Å².